The maximum atomic E-state index is 12.1. The second-order valence-corrected chi connectivity index (χ2v) is 5.48. The Bertz CT molecular complexity index is 714. The summed E-state index contributed by atoms with van der Waals surface area (Å²) in [6.45, 7) is 4.52. The number of amides is 1. The van der Waals surface area contributed by atoms with Gasteiger partial charge in [-0.15, -0.1) is 0 Å². The number of rotatable bonds is 6. The predicted octanol–water partition coefficient (Wildman–Crippen LogP) is 4.20. The highest BCUT2D eigenvalue weighted by atomic mass is 35.5. The van der Waals surface area contributed by atoms with Crippen LogP contribution in [-0.4, -0.2) is 18.7 Å². The minimum absolute atomic E-state index is 0.252. The molecular weight excluding hydrogens is 312 g/mol. The Morgan fingerprint density at radius 2 is 2.09 bits per heavy atom. The number of benzene rings is 2. The van der Waals surface area contributed by atoms with Crippen molar-refractivity contribution in [2.45, 2.75) is 20.3 Å². The van der Waals surface area contributed by atoms with Crippen molar-refractivity contribution in [3.63, 3.8) is 0 Å². The molecule has 0 aromatic heterocycles. The summed E-state index contributed by atoms with van der Waals surface area (Å²) < 4.78 is 5.64. The number of nitrogens with one attached hydrogen (secondary N) is 1. The zero-order valence-electron chi connectivity index (χ0n) is 13.2. The molecule has 5 heteroatoms. The van der Waals surface area contributed by atoms with Gasteiger partial charge in [0.05, 0.1) is 12.8 Å². The summed E-state index contributed by atoms with van der Waals surface area (Å²) in [7, 11) is 0. The van der Waals surface area contributed by atoms with E-state index < -0.39 is 0 Å². The summed E-state index contributed by atoms with van der Waals surface area (Å²) in [6.07, 6.45) is 2.44. The summed E-state index contributed by atoms with van der Waals surface area (Å²) in [5, 5.41) is 4.59. The molecule has 0 heterocycles. The molecule has 0 fully saturated rings. The van der Waals surface area contributed by atoms with Gasteiger partial charge < -0.3 is 4.74 Å². The van der Waals surface area contributed by atoms with E-state index in [-0.39, 0.29) is 5.91 Å². The first kappa shape index (κ1) is 17.0. The molecular formula is C18H19ClN2O2. The summed E-state index contributed by atoms with van der Waals surface area (Å²) in [4.78, 5) is 12.1. The maximum absolute atomic E-state index is 12.1. The fourth-order valence-electron chi connectivity index (χ4n) is 2.01. The maximum Gasteiger partial charge on any atom is 0.271 e. The summed E-state index contributed by atoms with van der Waals surface area (Å²) in [5.41, 5.74) is 4.74. The average molecular weight is 331 g/mol. The average Bonchev–Trinajstić information content (AvgIpc) is 2.54. The van der Waals surface area contributed by atoms with Gasteiger partial charge in [0, 0.05) is 16.1 Å². The van der Waals surface area contributed by atoms with Gasteiger partial charge in [0.1, 0.15) is 5.75 Å². The molecule has 2 rings (SSSR count). The van der Waals surface area contributed by atoms with Crippen LogP contribution in [0.1, 0.15) is 34.8 Å². The number of hydrogen-bond acceptors (Lipinski definition) is 3. The highest BCUT2D eigenvalue weighted by Gasteiger charge is 2.07. The highest BCUT2D eigenvalue weighted by Crippen LogP contribution is 2.21. The molecule has 0 unspecified atom stereocenters. The third kappa shape index (κ3) is 4.83. The molecule has 0 bridgehead atoms. The second kappa shape index (κ2) is 8.34. The monoisotopic (exact) mass is 330 g/mol. The fraction of sp³-hybridized carbons (Fsp3) is 0.222. The largest absolute Gasteiger partial charge is 0.493 e. The lowest BCUT2D eigenvalue weighted by atomic mass is 10.1. The van der Waals surface area contributed by atoms with Crippen LogP contribution in [0.4, 0.5) is 0 Å². The minimum atomic E-state index is -0.252. The minimum Gasteiger partial charge on any atom is -0.493 e. The van der Waals surface area contributed by atoms with E-state index in [0.29, 0.717) is 22.9 Å². The molecule has 0 saturated carbocycles. The van der Waals surface area contributed by atoms with E-state index in [2.05, 4.69) is 10.5 Å². The van der Waals surface area contributed by atoms with Gasteiger partial charge in [-0.1, -0.05) is 36.7 Å². The molecule has 0 saturated heterocycles. The van der Waals surface area contributed by atoms with Gasteiger partial charge in [-0.2, -0.15) is 5.10 Å². The number of hydrazone groups is 1. The molecule has 0 radical (unpaired) electrons. The number of ether oxygens (including phenoxy) is 1. The Balaban J connectivity index is 2.09. The van der Waals surface area contributed by atoms with Crippen molar-refractivity contribution in [3.05, 3.63) is 64.2 Å². The molecule has 23 heavy (non-hydrogen) atoms. The van der Waals surface area contributed by atoms with Crippen LogP contribution in [0.5, 0.6) is 5.75 Å². The molecule has 1 amide bonds. The smallest absolute Gasteiger partial charge is 0.271 e. The highest BCUT2D eigenvalue weighted by molar-refractivity contribution is 6.30. The number of aryl methyl sites for hydroxylation is 1. The van der Waals surface area contributed by atoms with E-state index in [1.807, 2.05) is 32.0 Å². The van der Waals surface area contributed by atoms with Crippen LogP contribution in [0.3, 0.4) is 0 Å². The first-order valence-corrected chi connectivity index (χ1v) is 7.81. The van der Waals surface area contributed by atoms with Crippen molar-refractivity contribution < 1.29 is 9.53 Å². The third-order valence-electron chi connectivity index (χ3n) is 3.19. The van der Waals surface area contributed by atoms with Crippen LogP contribution >= 0.6 is 11.6 Å². The van der Waals surface area contributed by atoms with Crippen molar-refractivity contribution in [3.8, 4) is 5.75 Å². The molecule has 1 N–H and O–H groups in total. The van der Waals surface area contributed by atoms with E-state index in [1.165, 1.54) is 6.21 Å². The zero-order chi connectivity index (χ0) is 16.7. The normalized spacial score (nSPS) is 10.7. The van der Waals surface area contributed by atoms with Crippen LogP contribution in [0.25, 0.3) is 0 Å². The number of hydrogen-bond donors (Lipinski definition) is 1. The van der Waals surface area contributed by atoms with Crippen LogP contribution in [0.15, 0.2) is 47.6 Å². The Kier molecular flexibility index (Phi) is 6.18. The lowest BCUT2D eigenvalue weighted by Gasteiger charge is -2.08. The Morgan fingerprint density at radius 1 is 1.30 bits per heavy atom. The Labute approximate surface area is 141 Å². The van der Waals surface area contributed by atoms with E-state index in [4.69, 9.17) is 16.3 Å². The first-order valence-electron chi connectivity index (χ1n) is 7.43. The van der Waals surface area contributed by atoms with Gasteiger partial charge in [0.25, 0.3) is 5.91 Å². The number of carbonyl (C=O) groups excluding carboxylic acids is 1. The quantitative estimate of drug-likeness (QED) is 0.637. The van der Waals surface area contributed by atoms with E-state index in [9.17, 15) is 4.79 Å². The fourth-order valence-corrected chi connectivity index (χ4v) is 2.19. The van der Waals surface area contributed by atoms with Gasteiger partial charge in [-0.3, -0.25) is 4.79 Å². The van der Waals surface area contributed by atoms with Crippen molar-refractivity contribution >= 4 is 23.7 Å². The van der Waals surface area contributed by atoms with E-state index in [1.54, 1.807) is 24.3 Å². The molecule has 2 aromatic carbocycles. The molecule has 0 aliphatic rings. The van der Waals surface area contributed by atoms with Crippen molar-refractivity contribution in [1.82, 2.24) is 5.43 Å². The zero-order valence-corrected chi connectivity index (χ0v) is 13.9. The first-order chi connectivity index (χ1) is 11.1. The summed E-state index contributed by atoms with van der Waals surface area (Å²) in [6, 6.07) is 12.6. The van der Waals surface area contributed by atoms with Crippen molar-refractivity contribution in [2.75, 3.05) is 6.61 Å². The number of carbonyl (C=O) groups is 1. The van der Waals surface area contributed by atoms with Crippen LogP contribution in [0.2, 0.25) is 5.02 Å². The van der Waals surface area contributed by atoms with Gasteiger partial charge in [-0.05, 0) is 43.2 Å². The van der Waals surface area contributed by atoms with E-state index in [0.717, 1.165) is 17.5 Å². The Hall–Kier alpha value is -2.33. The molecule has 2 aromatic rings. The molecule has 4 nitrogen and oxygen atoms in total. The molecule has 0 atom stereocenters. The van der Waals surface area contributed by atoms with Gasteiger partial charge >= 0.3 is 0 Å². The van der Waals surface area contributed by atoms with Gasteiger partial charge in [0.15, 0.2) is 0 Å². The molecule has 0 aliphatic heterocycles. The predicted molar refractivity (Wildman–Crippen MR) is 93.5 cm³/mol. The molecule has 120 valence electrons. The Morgan fingerprint density at radius 3 is 2.83 bits per heavy atom. The lowest BCUT2D eigenvalue weighted by Crippen LogP contribution is -2.18. The van der Waals surface area contributed by atoms with Crippen LogP contribution < -0.4 is 10.2 Å². The number of halogens is 1. The van der Waals surface area contributed by atoms with E-state index >= 15 is 0 Å². The molecule has 0 aliphatic carbocycles. The third-order valence-corrected chi connectivity index (χ3v) is 3.43. The lowest BCUT2D eigenvalue weighted by molar-refractivity contribution is 0.0954. The van der Waals surface area contributed by atoms with Gasteiger partial charge in [-0.25, -0.2) is 5.43 Å². The van der Waals surface area contributed by atoms with Crippen LogP contribution in [-0.2, 0) is 0 Å². The van der Waals surface area contributed by atoms with Crippen LogP contribution in [0, 0.1) is 6.92 Å². The van der Waals surface area contributed by atoms with Crippen molar-refractivity contribution in [1.29, 1.82) is 0 Å². The standard InChI is InChI=1S/C18H19ClN2O2/c1-3-10-23-17-9-8-15(19)11-14(17)12-20-21-18(22)16-7-5-4-6-13(16)2/h4-9,11-12H,3,10H2,1-2H3,(H,21,22)/b20-12-. The molecule has 0 spiro atoms. The topological polar surface area (TPSA) is 50.7 Å². The number of nitrogens with zero attached hydrogens (tertiary/aromatic N) is 1. The SMILES string of the molecule is CCCOc1ccc(Cl)cc1/C=N\NC(=O)c1ccccc1C. The summed E-state index contributed by atoms with van der Waals surface area (Å²) >= 11 is 6.00. The van der Waals surface area contributed by atoms with Gasteiger partial charge in [0.2, 0.25) is 0 Å². The van der Waals surface area contributed by atoms with Crippen molar-refractivity contribution in [2.24, 2.45) is 5.10 Å². The summed E-state index contributed by atoms with van der Waals surface area (Å²) in [5.74, 6) is 0.433. The second-order valence-electron chi connectivity index (χ2n) is 5.04.